The Kier molecular flexibility index (Phi) is 6.71. The Hall–Kier alpha value is -2.28. The van der Waals surface area contributed by atoms with Crippen molar-refractivity contribution in [3.63, 3.8) is 0 Å². The fourth-order valence-corrected chi connectivity index (χ4v) is 3.17. The largest absolute Gasteiger partial charge is 0.490 e. The fourth-order valence-electron chi connectivity index (χ4n) is 2.80. The van der Waals surface area contributed by atoms with Crippen molar-refractivity contribution in [2.45, 2.75) is 19.3 Å². The maximum absolute atomic E-state index is 6.04. The van der Waals surface area contributed by atoms with E-state index in [1.807, 2.05) is 36.4 Å². The third kappa shape index (κ3) is 5.36. The molecule has 1 aromatic carbocycles. The molecule has 0 aliphatic carbocycles. The molecule has 0 spiro atoms. The van der Waals surface area contributed by atoms with Crippen LogP contribution in [0.3, 0.4) is 0 Å². The molecule has 0 bridgehead atoms. The summed E-state index contributed by atoms with van der Waals surface area (Å²) >= 11 is 3.41. The molecule has 6 nitrogen and oxygen atoms in total. The topological polar surface area (TPSA) is 73.0 Å². The second-order valence-electron chi connectivity index (χ2n) is 6.07. The van der Waals surface area contributed by atoms with Gasteiger partial charge in [-0.25, -0.2) is 4.98 Å². The minimum atomic E-state index is 0.317. The molecule has 0 unspecified atom stereocenters. The van der Waals surface area contributed by atoms with Crippen LogP contribution in [0.4, 0.5) is 5.82 Å². The molecule has 0 radical (unpaired) electrons. The van der Waals surface area contributed by atoms with Crippen LogP contribution in [-0.4, -0.2) is 37.1 Å². The molecular formula is C19H23BrN4O2. The number of ether oxygens (including phenoxy) is 1. The van der Waals surface area contributed by atoms with E-state index in [2.05, 4.69) is 31.0 Å². The maximum atomic E-state index is 6.04. The summed E-state index contributed by atoms with van der Waals surface area (Å²) in [5, 5.41) is 3.99. The highest BCUT2D eigenvalue weighted by molar-refractivity contribution is 9.10. The molecule has 1 aromatic heterocycles. The van der Waals surface area contributed by atoms with Crippen molar-refractivity contribution in [1.29, 1.82) is 0 Å². The number of hydrogen-bond donors (Lipinski definition) is 1. The lowest BCUT2D eigenvalue weighted by molar-refractivity contribution is 0.107. The average Bonchev–Trinajstić information content (AvgIpc) is 2.68. The second kappa shape index (κ2) is 9.43. The first kappa shape index (κ1) is 18.5. The van der Waals surface area contributed by atoms with Gasteiger partial charge in [-0.3, -0.25) is 0 Å². The molecule has 2 heterocycles. The van der Waals surface area contributed by atoms with Crippen molar-refractivity contribution in [3.05, 3.63) is 52.6 Å². The molecule has 1 fully saturated rings. The van der Waals surface area contributed by atoms with Gasteiger partial charge < -0.3 is 20.2 Å². The first-order chi connectivity index (χ1) is 12.7. The van der Waals surface area contributed by atoms with Gasteiger partial charge in [0.05, 0.1) is 0 Å². The van der Waals surface area contributed by atoms with Gasteiger partial charge in [-0.2, -0.15) is 0 Å². The molecule has 138 valence electrons. The Morgan fingerprint density at radius 1 is 1.15 bits per heavy atom. The average molecular weight is 419 g/mol. The predicted octanol–water partition coefficient (Wildman–Crippen LogP) is 3.55. The van der Waals surface area contributed by atoms with Gasteiger partial charge in [0.2, 0.25) is 0 Å². The molecular weight excluding hydrogens is 396 g/mol. The minimum absolute atomic E-state index is 0.317. The smallest absolute Gasteiger partial charge is 0.170 e. The zero-order chi connectivity index (χ0) is 18.2. The Labute approximate surface area is 162 Å². The highest BCUT2D eigenvalue weighted by Crippen LogP contribution is 2.19. The van der Waals surface area contributed by atoms with Crippen LogP contribution < -0.4 is 15.4 Å². The number of pyridine rings is 1. The number of oxime groups is 1. The number of anilines is 1. The van der Waals surface area contributed by atoms with Crippen LogP contribution in [0.5, 0.6) is 5.75 Å². The van der Waals surface area contributed by atoms with Crippen molar-refractivity contribution in [2.24, 2.45) is 10.9 Å². The summed E-state index contributed by atoms with van der Waals surface area (Å²) in [4.78, 5) is 12.0. The van der Waals surface area contributed by atoms with Crippen molar-refractivity contribution < 1.29 is 9.57 Å². The number of amidine groups is 1. The first-order valence-corrected chi connectivity index (χ1v) is 9.57. The van der Waals surface area contributed by atoms with Gasteiger partial charge in [0.15, 0.2) is 12.4 Å². The van der Waals surface area contributed by atoms with E-state index in [9.17, 15) is 0 Å². The van der Waals surface area contributed by atoms with Crippen molar-refractivity contribution in [1.82, 2.24) is 4.98 Å². The highest BCUT2D eigenvalue weighted by atomic mass is 79.9. The number of benzene rings is 1. The van der Waals surface area contributed by atoms with Crippen LogP contribution >= 0.6 is 15.9 Å². The van der Waals surface area contributed by atoms with E-state index >= 15 is 0 Å². The zero-order valence-electron chi connectivity index (χ0n) is 14.6. The molecule has 1 aliphatic rings. The van der Waals surface area contributed by atoms with Crippen molar-refractivity contribution in [2.75, 3.05) is 31.2 Å². The second-order valence-corrected chi connectivity index (χ2v) is 6.98. The van der Waals surface area contributed by atoms with Gasteiger partial charge in [0, 0.05) is 29.3 Å². The Morgan fingerprint density at radius 2 is 2.00 bits per heavy atom. The van der Waals surface area contributed by atoms with Gasteiger partial charge in [-0.15, -0.1) is 0 Å². The molecule has 1 saturated heterocycles. The van der Waals surface area contributed by atoms with Crippen LogP contribution in [0, 0.1) is 0 Å². The summed E-state index contributed by atoms with van der Waals surface area (Å²) in [7, 11) is 0. The van der Waals surface area contributed by atoms with Gasteiger partial charge in [0.25, 0.3) is 0 Å². The van der Waals surface area contributed by atoms with Gasteiger partial charge in [-0.1, -0.05) is 27.2 Å². The fraction of sp³-hybridized carbons (Fsp3) is 0.368. The molecule has 3 rings (SSSR count). The lowest BCUT2D eigenvalue weighted by Crippen LogP contribution is -2.30. The van der Waals surface area contributed by atoms with Crippen LogP contribution in [0.15, 0.2) is 52.2 Å². The quantitative estimate of drug-likeness (QED) is 0.322. The standard InChI is InChI=1S/C19H23BrN4O2/c20-16-5-4-6-17(14-16)25-11-12-26-23-19(21)15-7-8-22-18(13-15)24-9-2-1-3-10-24/h4-8,13-14H,1-3,9-12H2,(H2,21,23). The van der Waals surface area contributed by atoms with Gasteiger partial charge in [0.1, 0.15) is 18.2 Å². The lowest BCUT2D eigenvalue weighted by Gasteiger charge is -2.27. The molecule has 26 heavy (non-hydrogen) atoms. The van der Waals surface area contributed by atoms with Crippen molar-refractivity contribution in [3.8, 4) is 5.75 Å². The summed E-state index contributed by atoms with van der Waals surface area (Å²) in [5.74, 6) is 2.06. The number of nitrogens with two attached hydrogens (primary N) is 1. The summed E-state index contributed by atoms with van der Waals surface area (Å²) in [6.07, 6.45) is 5.46. The summed E-state index contributed by atoms with van der Waals surface area (Å²) in [5.41, 5.74) is 6.85. The number of hydrogen-bond acceptors (Lipinski definition) is 5. The molecule has 2 N–H and O–H groups in total. The molecule has 7 heteroatoms. The van der Waals surface area contributed by atoms with Gasteiger partial charge in [-0.05, 0) is 49.6 Å². The highest BCUT2D eigenvalue weighted by Gasteiger charge is 2.13. The monoisotopic (exact) mass is 418 g/mol. The molecule has 0 saturated carbocycles. The summed E-state index contributed by atoms with van der Waals surface area (Å²) in [6, 6.07) is 11.5. The number of rotatable bonds is 7. The van der Waals surface area contributed by atoms with E-state index in [0.717, 1.165) is 34.7 Å². The van der Waals surface area contributed by atoms with Crippen molar-refractivity contribution >= 4 is 27.6 Å². The molecule has 0 atom stereocenters. The minimum Gasteiger partial charge on any atom is -0.490 e. The number of nitrogens with zero attached hydrogens (tertiary/aromatic N) is 3. The van der Waals surface area contributed by atoms with E-state index in [1.54, 1.807) is 6.20 Å². The van der Waals surface area contributed by atoms with E-state index in [0.29, 0.717) is 19.0 Å². The first-order valence-electron chi connectivity index (χ1n) is 8.77. The number of aromatic nitrogens is 1. The molecule has 0 amide bonds. The van der Waals surface area contributed by atoms with Crippen LogP contribution in [-0.2, 0) is 4.84 Å². The normalized spacial score (nSPS) is 15.0. The zero-order valence-corrected chi connectivity index (χ0v) is 16.2. The lowest BCUT2D eigenvalue weighted by atomic mass is 10.1. The summed E-state index contributed by atoms with van der Waals surface area (Å²) < 4.78 is 6.56. The molecule has 2 aromatic rings. The van der Waals surface area contributed by atoms with Crippen LogP contribution in [0.25, 0.3) is 0 Å². The SMILES string of the molecule is N/C(=N/OCCOc1cccc(Br)c1)c1ccnc(N2CCCCC2)c1. The molecule has 1 aliphatic heterocycles. The Balaban J connectivity index is 1.49. The number of halogens is 1. The third-order valence-electron chi connectivity index (χ3n) is 4.12. The Morgan fingerprint density at radius 3 is 2.81 bits per heavy atom. The summed E-state index contributed by atoms with van der Waals surface area (Å²) in [6.45, 7) is 2.79. The van der Waals surface area contributed by atoms with E-state index in [4.69, 9.17) is 15.3 Å². The number of piperidine rings is 1. The van der Waals surface area contributed by atoms with Crippen LogP contribution in [0.2, 0.25) is 0 Å². The predicted molar refractivity (Wildman–Crippen MR) is 107 cm³/mol. The van der Waals surface area contributed by atoms with E-state index in [1.165, 1.54) is 19.3 Å². The van der Waals surface area contributed by atoms with Gasteiger partial charge >= 0.3 is 0 Å². The Bertz CT molecular complexity index is 748. The van der Waals surface area contributed by atoms with E-state index < -0.39 is 0 Å². The van der Waals surface area contributed by atoms with Crippen LogP contribution in [0.1, 0.15) is 24.8 Å². The van der Waals surface area contributed by atoms with E-state index in [-0.39, 0.29) is 0 Å². The third-order valence-corrected chi connectivity index (χ3v) is 4.62. The maximum Gasteiger partial charge on any atom is 0.170 e.